The normalized spacial score (nSPS) is 12.3. The number of nitrogens with two attached hydrogens (primary N) is 1. The Morgan fingerprint density at radius 2 is 2.00 bits per heavy atom. The number of halogens is 3. The van der Waals surface area contributed by atoms with Gasteiger partial charge >= 0.3 is 6.18 Å². The minimum atomic E-state index is -4.31. The van der Waals surface area contributed by atoms with Gasteiger partial charge in [-0.15, -0.1) is 0 Å². The lowest BCUT2D eigenvalue weighted by Crippen LogP contribution is -2.04. The molecular formula is C10H9F3N2. The molecule has 0 saturated carbocycles. The van der Waals surface area contributed by atoms with Gasteiger partial charge in [-0.2, -0.15) is 13.2 Å². The molecule has 0 unspecified atom stereocenters. The average molecular weight is 214 g/mol. The number of fused-ring (bicyclic) bond motifs is 1. The highest BCUT2D eigenvalue weighted by Gasteiger charge is 2.30. The molecule has 0 radical (unpaired) electrons. The Bertz CT molecular complexity index is 485. The SMILES string of the molecule is NCc1c[nH]c2ccc(C(F)(F)F)cc12. The van der Waals surface area contributed by atoms with Gasteiger partial charge in [-0.05, 0) is 23.8 Å². The molecule has 0 aliphatic carbocycles. The minimum Gasteiger partial charge on any atom is -0.361 e. The number of rotatable bonds is 1. The Morgan fingerprint density at radius 3 is 2.60 bits per heavy atom. The summed E-state index contributed by atoms with van der Waals surface area (Å²) in [6, 6.07) is 3.59. The Morgan fingerprint density at radius 1 is 1.27 bits per heavy atom. The fourth-order valence-corrected chi connectivity index (χ4v) is 1.52. The molecule has 0 saturated heterocycles. The van der Waals surface area contributed by atoms with Crippen LogP contribution in [0.3, 0.4) is 0 Å². The van der Waals surface area contributed by atoms with E-state index in [2.05, 4.69) is 4.98 Å². The molecule has 80 valence electrons. The standard InChI is InChI=1S/C10H9F3N2/c11-10(12,13)7-1-2-9-8(3-7)6(4-14)5-15-9/h1-3,5,15H,4,14H2. The van der Waals surface area contributed by atoms with Gasteiger partial charge in [-0.1, -0.05) is 0 Å². The van der Waals surface area contributed by atoms with Crippen molar-refractivity contribution in [2.75, 3.05) is 0 Å². The summed E-state index contributed by atoms with van der Waals surface area (Å²) in [7, 11) is 0. The molecule has 3 N–H and O–H groups in total. The Hall–Kier alpha value is -1.49. The van der Waals surface area contributed by atoms with E-state index >= 15 is 0 Å². The van der Waals surface area contributed by atoms with E-state index < -0.39 is 11.7 Å². The van der Waals surface area contributed by atoms with Gasteiger partial charge < -0.3 is 10.7 Å². The molecular weight excluding hydrogens is 205 g/mol. The number of aromatic amines is 1. The van der Waals surface area contributed by atoms with Crippen LogP contribution in [0.15, 0.2) is 24.4 Å². The van der Waals surface area contributed by atoms with Crippen molar-refractivity contribution in [3.63, 3.8) is 0 Å². The van der Waals surface area contributed by atoms with Crippen LogP contribution < -0.4 is 5.73 Å². The lowest BCUT2D eigenvalue weighted by Gasteiger charge is -2.06. The highest BCUT2D eigenvalue weighted by Crippen LogP contribution is 2.32. The Balaban J connectivity index is 2.63. The van der Waals surface area contributed by atoms with Crippen LogP contribution in [0.25, 0.3) is 10.9 Å². The molecule has 0 amide bonds. The minimum absolute atomic E-state index is 0.224. The summed E-state index contributed by atoms with van der Waals surface area (Å²) in [6.07, 6.45) is -2.68. The summed E-state index contributed by atoms with van der Waals surface area (Å²) in [5.74, 6) is 0. The van der Waals surface area contributed by atoms with Gasteiger partial charge in [0, 0.05) is 23.6 Å². The molecule has 5 heteroatoms. The monoisotopic (exact) mass is 214 g/mol. The second-order valence-electron chi connectivity index (χ2n) is 3.28. The predicted octanol–water partition coefficient (Wildman–Crippen LogP) is 2.65. The molecule has 1 aromatic heterocycles. The van der Waals surface area contributed by atoms with Crippen molar-refractivity contribution in [2.24, 2.45) is 5.73 Å². The van der Waals surface area contributed by atoms with Crippen LogP contribution in [0.1, 0.15) is 11.1 Å². The first kappa shape index (κ1) is 10.0. The summed E-state index contributed by atoms with van der Waals surface area (Å²) in [5.41, 5.74) is 6.13. The molecule has 0 atom stereocenters. The van der Waals surface area contributed by atoms with Crippen molar-refractivity contribution in [3.05, 3.63) is 35.5 Å². The first-order chi connectivity index (χ1) is 7.02. The fourth-order valence-electron chi connectivity index (χ4n) is 1.52. The summed E-state index contributed by atoms with van der Waals surface area (Å²) in [6.45, 7) is 0.224. The number of nitrogens with one attached hydrogen (secondary N) is 1. The van der Waals surface area contributed by atoms with E-state index in [0.717, 1.165) is 12.1 Å². The number of hydrogen-bond donors (Lipinski definition) is 2. The summed E-state index contributed by atoms with van der Waals surface area (Å²) in [4.78, 5) is 2.87. The molecule has 0 spiro atoms. The molecule has 2 nitrogen and oxygen atoms in total. The maximum atomic E-state index is 12.4. The summed E-state index contributed by atoms with van der Waals surface area (Å²) >= 11 is 0. The van der Waals surface area contributed by atoms with Gasteiger partial charge in [-0.3, -0.25) is 0 Å². The molecule has 15 heavy (non-hydrogen) atoms. The first-order valence-corrected chi connectivity index (χ1v) is 4.39. The quantitative estimate of drug-likeness (QED) is 0.752. The van der Waals surface area contributed by atoms with Crippen LogP contribution >= 0.6 is 0 Å². The second-order valence-corrected chi connectivity index (χ2v) is 3.28. The van der Waals surface area contributed by atoms with E-state index in [9.17, 15) is 13.2 Å². The maximum Gasteiger partial charge on any atom is 0.416 e. The molecule has 0 bridgehead atoms. The molecule has 0 aliphatic heterocycles. The van der Waals surface area contributed by atoms with Crippen molar-refractivity contribution in [1.82, 2.24) is 4.98 Å². The molecule has 1 heterocycles. The van der Waals surface area contributed by atoms with Gasteiger partial charge in [0.05, 0.1) is 5.56 Å². The molecule has 0 fully saturated rings. The van der Waals surface area contributed by atoms with E-state index in [1.165, 1.54) is 6.07 Å². The fraction of sp³-hybridized carbons (Fsp3) is 0.200. The molecule has 0 aliphatic rings. The van der Waals surface area contributed by atoms with Crippen molar-refractivity contribution in [2.45, 2.75) is 12.7 Å². The second kappa shape index (κ2) is 3.27. The third kappa shape index (κ3) is 1.70. The van der Waals surface area contributed by atoms with Crippen LogP contribution in [-0.2, 0) is 12.7 Å². The maximum absolute atomic E-state index is 12.4. The van der Waals surface area contributed by atoms with E-state index in [0.29, 0.717) is 16.5 Å². The van der Waals surface area contributed by atoms with Gasteiger partial charge in [0.1, 0.15) is 0 Å². The lowest BCUT2D eigenvalue weighted by molar-refractivity contribution is -0.137. The third-order valence-electron chi connectivity index (χ3n) is 2.31. The van der Waals surface area contributed by atoms with Gasteiger partial charge in [-0.25, -0.2) is 0 Å². The van der Waals surface area contributed by atoms with Crippen molar-refractivity contribution in [3.8, 4) is 0 Å². The highest BCUT2D eigenvalue weighted by atomic mass is 19.4. The van der Waals surface area contributed by atoms with Gasteiger partial charge in [0.25, 0.3) is 0 Å². The topological polar surface area (TPSA) is 41.8 Å². The highest BCUT2D eigenvalue weighted by molar-refractivity contribution is 5.83. The zero-order valence-corrected chi connectivity index (χ0v) is 7.73. The number of alkyl halides is 3. The van der Waals surface area contributed by atoms with E-state index in [4.69, 9.17) is 5.73 Å². The first-order valence-electron chi connectivity index (χ1n) is 4.39. The predicted molar refractivity (Wildman–Crippen MR) is 51.2 cm³/mol. The molecule has 2 rings (SSSR count). The smallest absolute Gasteiger partial charge is 0.361 e. The van der Waals surface area contributed by atoms with Crippen molar-refractivity contribution >= 4 is 10.9 Å². The van der Waals surface area contributed by atoms with Crippen LogP contribution in [-0.4, -0.2) is 4.98 Å². The Kier molecular flexibility index (Phi) is 2.19. The van der Waals surface area contributed by atoms with Crippen LogP contribution in [0.4, 0.5) is 13.2 Å². The average Bonchev–Trinajstić information content (AvgIpc) is 2.57. The Labute approximate surface area is 83.9 Å². The van der Waals surface area contributed by atoms with E-state index in [-0.39, 0.29) is 6.54 Å². The van der Waals surface area contributed by atoms with E-state index in [1.54, 1.807) is 6.20 Å². The van der Waals surface area contributed by atoms with Gasteiger partial charge in [0.2, 0.25) is 0 Å². The lowest BCUT2D eigenvalue weighted by atomic mass is 10.1. The zero-order valence-electron chi connectivity index (χ0n) is 7.73. The van der Waals surface area contributed by atoms with Crippen LogP contribution in [0, 0.1) is 0 Å². The van der Waals surface area contributed by atoms with Gasteiger partial charge in [0.15, 0.2) is 0 Å². The molecule has 2 aromatic rings. The van der Waals surface area contributed by atoms with Crippen LogP contribution in [0.5, 0.6) is 0 Å². The summed E-state index contributed by atoms with van der Waals surface area (Å²) < 4.78 is 37.2. The number of H-pyrrole nitrogens is 1. The van der Waals surface area contributed by atoms with E-state index in [1.807, 2.05) is 0 Å². The van der Waals surface area contributed by atoms with Crippen molar-refractivity contribution < 1.29 is 13.2 Å². The zero-order chi connectivity index (χ0) is 11.1. The van der Waals surface area contributed by atoms with Crippen LogP contribution in [0.2, 0.25) is 0 Å². The van der Waals surface area contributed by atoms with Crippen molar-refractivity contribution in [1.29, 1.82) is 0 Å². The largest absolute Gasteiger partial charge is 0.416 e. The molecule has 1 aromatic carbocycles. The summed E-state index contributed by atoms with van der Waals surface area (Å²) in [5, 5.41) is 0.535. The number of benzene rings is 1. The third-order valence-corrected chi connectivity index (χ3v) is 2.31. The number of hydrogen-bond acceptors (Lipinski definition) is 1. The number of aromatic nitrogens is 1.